The Labute approximate surface area is 127 Å². The van der Waals surface area contributed by atoms with Gasteiger partial charge in [0.25, 0.3) is 0 Å². The summed E-state index contributed by atoms with van der Waals surface area (Å²) in [5.41, 5.74) is 0. The Bertz CT molecular complexity index is 248. The van der Waals surface area contributed by atoms with Gasteiger partial charge in [0.2, 0.25) is 0 Å². The molecule has 0 bridgehead atoms. The summed E-state index contributed by atoms with van der Waals surface area (Å²) in [4.78, 5) is 0. The van der Waals surface area contributed by atoms with Gasteiger partial charge in [-0.25, -0.2) is 0 Å². The molecule has 20 heavy (non-hydrogen) atoms. The molecule has 0 atom stereocenters. The van der Waals surface area contributed by atoms with E-state index in [0.29, 0.717) is 0 Å². The largest absolute Gasteiger partial charge is 0.0885 e. The van der Waals surface area contributed by atoms with Crippen LogP contribution in [0.15, 0.2) is 48.6 Å². The van der Waals surface area contributed by atoms with Gasteiger partial charge in [0, 0.05) is 0 Å². The van der Waals surface area contributed by atoms with Crippen LogP contribution in [0.2, 0.25) is 0 Å². The Morgan fingerprint density at radius 3 is 1.10 bits per heavy atom. The van der Waals surface area contributed by atoms with Gasteiger partial charge in [-0.3, -0.25) is 0 Å². The molecule has 0 aromatic heterocycles. The molecule has 0 fully saturated rings. The summed E-state index contributed by atoms with van der Waals surface area (Å²) in [5.74, 6) is 0. The van der Waals surface area contributed by atoms with E-state index in [-0.39, 0.29) is 0 Å². The molecule has 0 aliphatic rings. The average molecular weight is 273 g/mol. The van der Waals surface area contributed by atoms with E-state index in [1.165, 1.54) is 44.9 Å². The van der Waals surface area contributed by atoms with Gasteiger partial charge < -0.3 is 0 Å². The zero-order chi connectivity index (χ0) is 14.7. The molecule has 0 heterocycles. The Morgan fingerprint density at radius 1 is 0.500 bits per heavy atom. The van der Waals surface area contributed by atoms with Crippen LogP contribution in [0.3, 0.4) is 0 Å². The minimum atomic E-state index is 1.01. The molecule has 0 unspecified atom stereocenters. The van der Waals surface area contributed by atoms with E-state index >= 15 is 0 Å². The summed E-state index contributed by atoms with van der Waals surface area (Å²) in [7, 11) is 0. The van der Waals surface area contributed by atoms with Gasteiger partial charge in [-0.2, -0.15) is 0 Å². The van der Waals surface area contributed by atoms with Gasteiger partial charge in [-0.1, -0.05) is 68.9 Å². The maximum Gasteiger partial charge on any atom is -0.0316 e. The number of rotatable bonds is 13. The molecule has 113 valence electrons. The summed E-state index contributed by atoms with van der Waals surface area (Å²) in [5, 5.41) is 0. The van der Waals surface area contributed by atoms with Gasteiger partial charge in [0.15, 0.2) is 0 Å². The minimum absolute atomic E-state index is 1.01. The van der Waals surface area contributed by atoms with E-state index in [1.807, 2.05) is 0 Å². The van der Waals surface area contributed by atoms with Gasteiger partial charge in [0.1, 0.15) is 0 Å². The molecule has 0 rings (SSSR count). The fourth-order valence-electron chi connectivity index (χ4n) is 1.80. The molecule has 0 aromatic rings. The normalized spacial score (nSPS) is 12.7. The van der Waals surface area contributed by atoms with Crippen molar-refractivity contribution < 1.29 is 0 Å². The molecule has 0 saturated carbocycles. The van der Waals surface area contributed by atoms with Crippen LogP contribution in [-0.2, 0) is 0 Å². The first-order valence-corrected chi connectivity index (χ1v) is 8.31. The van der Waals surface area contributed by atoms with Gasteiger partial charge in [-0.15, -0.1) is 0 Å². The highest BCUT2D eigenvalue weighted by atomic mass is 13.9. The van der Waals surface area contributed by atoms with Crippen molar-refractivity contribution >= 4 is 0 Å². The summed E-state index contributed by atoms with van der Waals surface area (Å²) in [6.07, 6.45) is 30.0. The summed E-state index contributed by atoms with van der Waals surface area (Å²) < 4.78 is 0. The third-order valence-corrected chi connectivity index (χ3v) is 2.99. The molecule has 0 amide bonds. The molecular weight excluding hydrogens is 240 g/mol. The molecule has 0 N–H and O–H groups in total. The lowest BCUT2D eigenvalue weighted by atomic mass is 10.2. The van der Waals surface area contributed by atoms with Crippen LogP contribution in [0.1, 0.15) is 71.1 Å². The highest BCUT2D eigenvalue weighted by Gasteiger charge is 1.80. The summed E-state index contributed by atoms with van der Waals surface area (Å²) in [6.45, 7) is 6.04. The molecule has 0 aromatic carbocycles. The highest BCUT2D eigenvalue weighted by molar-refractivity contribution is 4.92. The number of allylic oxidation sites excluding steroid dienone is 8. The Hall–Kier alpha value is -1.04. The van der Waals surface area contributed by atoms with Crippen molar-refractivity contribution in [2.75, 3.05) is 0 Å². The van der Waals surface area contributed by atoms with Crippen LogP contribution >= 0.6 is 0 Å². The van der Waals surface area contributed by atoms with E-state index in [1.54, 1.807) is 0 Å². The summed E-state index contributed by atoms with van der Waals surface area (Å²) >= 11 is 0. The SMILES string of the molecule is [CH2]CCC=CCCC=CCCC=CCCC=CCCC. The van der Waals surface area contributed by atoms with E-state index < -0.39 is 0 Å². The maximum absolute atomic E-state index is 3.82. The fraction of sp³-hybridized carbons (Fsp3) is 0.550. The minimum Gasteiger partial charge on any atom is -0.0885 e. The summed E-state index contributed by atoms with van der Waals surface area (Å²) in [6, 6.07) is 0. The lowest BCUT2D eigenvalue weighted by Crippen LogP contribution is -1.70. The van der Waals surface area contributed by atoms with Crippen LogP contribution < -0.4 is 0 Å². The highest BCUT2D eigenvalue weighted by Crippen LogP contribution is 2.01. The zero-order valence-corrected chi connectivity index (χ0v) is 13.4. The predicted octanol–water partition coefficient (Wildman–Crippen LogP) is 6.97. The Balaban J connectivity index is 3.29. The molecule has 0 nitrogen and oxygen atoms in total. The van der Waals surface area contributed by atoms with Crippen molar-refractivity contribution in [3.05, 3.63) is 55.5 Å². The smallest absolute Gasteiger partial charge is 0.0316 e. The second kappa shape index (κ2) is 18.0. The lowest BCUT2D eigenvalue weighted by molar-refractivity contribution is 0.940. The van der Waals surface area contributed by atoms with E-state index in [4.69, 9.17) is 0 Å². The zero-order valence-electron chi connectivity index (χ0n) is 13.4. The van der Waals surface area contributed by atoms with Gasteiger partial charge in [0.05, 0.1) is 0 Å². The topological polar surface area (TPSA) is 0 Å². The monoisotopic (exact) mass is 273 g/mol. The number of hydrogen-bond donors (Lipinski definition) is 0. The standard InChI is InChI=1S/C20H33/c1-3-5-7-9-11-13-15-17-19-20-18-16-14-12-10-8-6-4-2/h7-10,15-18H,1,3-6,11-14,19-20H2,2H3. The molecule has 0 heteroatoms. The number of unbranched alkanes of at least 4 members (excludes halogenated alkanes) is 5. The fourth-order valence-corrected chi connectivity index (χ4v) is 1.80. The molecular formula is C20H33. The van der Waals surface area contributed by atoms with Crippen molar-refractivity contribution in [2.45, 2.75) is 71.1 Å². The van der Waals surface area contributed by atoms with Crippen LogP contribution in [0.25, 0.3) is 0 Å². The van der Waals surface area contributed by atoms with Crippen LogP contribution in [0.4, 0.5) is 0 Å². The first-order chi connectivity index (χ1) is 9.91. The van der Waals surface area contributed by atoms with Crippen LogP contribution in [0.5, 0.6) is 0 Å². The van der Waals surface area contributed by atoms with Crippen molar-refractivity contribution in [3.8, 4) is 0 Å². The first kappa shape index (κ1) is 19.0. The van der Waals surface area contributed by atoms with Crippen molar-refractivity contribution in [3.63, 3.8) is 0 Å². The predicted molar refractivity (Wildman–Crippen MR) is 93.8 cm³/mol. The second-order valence-corrected chi connectivity index (χ2v) is 5.05. The van der Waals surface area contributed by atoms with E-state index in [2.05, 4.69) is 62.5 Å². The van der Waals surface area contributed by atoms with E-state index in [0.717, 1.165) is 19.3 Å². The van der Waals surface area contributed by atoms with Gasteiger partial charge in [-0.05, 0) is 57.8 Å². The van der Waals surface area contributed by atoms with Crippen LogP contribution in [-0.4, -0.2) is 0 Å². The molecule has 0 aliphatic carbocycles. The second-order valence-electron chi connectivity index (χ2n) is 5.05. The quantitative estimate of drug-likeness (QED) is 0.251. The van der Waals surface area contributed by atoms with Gasteiger partial charge >= 0.3 is 0 Å². The van der Waals surface area contributed by atoms with E-state index in [9.17, 15) is 0 Å². The molecule has 1 radical (unpaired) electrons. The molecule has 0 aliphatic heterocycles. The Kier molecular flexibility index (Phi) is 17.0. The Morgan fingerprint density at radius 2 is 0.800 bits per heavy atom. The van der Waals surface area contributed by atoms with Crippen molar-refractivity contribution in [1.29, 1.82) is 0 Å². The van der Waals surface area contributed by atoms with Crippen molar-refractivity contribution in [1.82, 2.24) is 0 Å². The average Bonchev–Trinajstić information content (AvgIpc) is 2.47. The third kappa shape index (κ3) is 17.0. The lowest BCUT2D eigenvalue weighted by Gasteiger charge is -1.90. The third-order valence-electron chi connectivity index (χ3n) is 2.99. The molecule has 0 spiro atoms. The first-order valence-electron chi connectivity index (χ1n) is 8.31. The maximum atomic E-state index is 3.82. The van der Waals surface area contributed by atoms with Crippen LogP contribution in [0, 0.1) is 6.92 Å². The van der Waals surface area contributed by atoms with Crippen molar-refractivity contribution in [2.24, 2.45) is 0 Å². The molecule has 0 saturated heterocycles. The number of hydrogen-bond acceptors (Lipinski definition) is 0.